The summed E-state index contributed by atoms with van der Waals surface area (Å²) in [4.78, 5) is 18.3. The number of nitrogens with one attached hydrogen (secondary N) is 1. The van der Waals surface area contributed by atoms with Gasteiger partial charge in [-0.1, -0.05) is 36.4 Å². The molecule has 3 aliphatic heterocycles. The van der Waals surface area contributed by atoms with Crippen molar-refractivity contribution in [1.29, 1.82) is 0 Å². The van der Waals surface area contributed by atoms with Crippen LogP contribution in [-0.4, -0.2) is 98.0 Å². The third kappa shape index (κ3) is 6.54. The van der Waals surface area contributed by atoms with E-state index >= 15 is 0 Å². The molecule has 3 heterocycles. The quantitative estimate of drug-likeness (QED) is 0.148. The fraction of sp³-hybridized carbons (Fsp3) is 0.960. The molecule has 12 heteroatoms. The van der Waals surface area contributed by atoms with E-state index < -0.39 is 75.4 Å². The number of rotatable bonds is 8. The van der Waals surface area contributed by atoms with Gasteiger partial charge in [0.2, 0.25) is 0 Å². The summed E-state index contributed by atoms with van der Waals surface area (Å²) in [5.74, 6) is -0.607. The molecule has 6 N–H and O–H groups in total. The van der Waals surface area contributed by atoms with Crippen LogP contribution < -0.4 is 11.2 Å². The van der Waals surface area contributed by atoms with Crippen molar-refractivity contribution in [3.63, 3.8) is 0 Å². The highest BCUT2D eigenvalue weighted by molar-refractivity contribution is 14.1. The van der Waals surface area contributed by atoms with Crippen molar-refractivity contribution < 1.29 is 43.9 Å². The minimum Gasteiger partial charge on any atom is -0.439 e. The van der Waals surface area contributed by atoms with Crippen molar-refractivity contribution in [2.24, 2.45) is 23.5 Å². The van der Waals surface area contributed by atoms with E-state index in [-0.39, 0.29) is 25.0 Å². The van der Waals surface area contributed by atoms with Crippen molar-refractivity contribution in [3.8, 4) is 0 Å². The molecular weight excluding hydrogens is 599 g/mol. The van der Waals surface area contributed by atoms with Gasteiger partial charge in [-0.15, -0.1) is 0 Å². The first-order valence-electron chi connectivity index (χ1n) is 12.9. The Morgan fingerprint density at radius 1 is 1.11 bits per heavy atom. The van der Waals surface area contributed by atoms with E-state index in [2.05, 4.69) is 28.1 Å². The Hall–Kier alpha value is -0.320. The van der Waals surface area contributed by atoms with Crippen LogP contribution in [0.15, 0.2) is 0 Å². The number of aliphatic hydroxyl groups is 3. The molecule has 1 amide bonds. The summed E-state index contributed by atoms with van der Waals surface area (Å²) in [6.07, 6.45) is -6.65. The second-order valence-corrected chi connectivity index (χ2v) is 15.3. The maximum Gasteiger partial charge on any atom is 0.431 e. The lowest BCUT2D eigenvalue weighted by molar-refractivity contribution is -0.358. The Morgan fingerprint density at radius 3 is 2.19 bits per heavy atom. The zero-order chi connectivity index (χ0) is 28.1. The van der Waals surface area contributed by atoms with E-state index in [4.69, 9.17) is 29.5 Å². The lowest BCUT2D eigenvalue weighted by Crippen LogP contribution is -2.75. The lowest BCUT2D eigenvalue weighted by atomic mass is 9.69. The highest BCUT2D eigenvalue weighted by atomic mass is 127. The van der Waals surface area contributed by atoms with E-state index in [0.717, 1.165) is 0 Å². The average Bonchev–Trinajstić information content (AvgIpc) is 2.73. The average molecular weight is 645 g/mol. The molecule has 3 saturated heterocycles. The molecule has 0 aliphatic carbocycles. The molecule has 11 nitrogen and oxygen atoms in total. The molecule has 0 aromatic heterocycles. The Bertz CT molecular complexity index is 800. The van der Waals surface area contributed by atoms with Gasteiger partial charge >= 0.3 is 6.09 Å². The number of fused-ring (bicyclic) bond motifs is 1. The lowest BCUT2D eigenvalue weighted by Gasteiger charge is -2.61. The largest absolute Gasteiger partial charge is 0.439 e. The van der Waals surface area contributed by atoms with Crippen LogP contribution in [0.3, 0.4) is 0 Å². The molecule has 0 saturated carbocycles. The second kappa shape index (κ2) is 11.3. The number of hydrogen-bond acceptors (Lipinski definition) is 10. The van der Waals surface area contributed by atoms with Crippen molar-refractivity contribution in [3.05, 3.63) is 0 Å². The second-order valence-electron chi connectivity index (χ2n) is 12.6. The minimum absolute atomic E-state index is 0.0182. The first kappa shape index (κ1) is 31.2. The normalized spacial score (nSPS) is 40.1. The summed E-state index contributed by atoms with van der Waals surface area (Å²) in [5.41, 5.74) is 7.17. The zero-order valence-electron chi connectivity index (χ0n) is 23.0. The smallest absolute Gasteiger partial charge is 0.431 e. The third-order valence-corrected chi connectivity index (χ3v) is 8.36. The number of carbonyl (C=O) groups is 1. The molecule has 37 heavy (non-hydrogen) atoms. The Balaban J connectivity index is 1.65. The van der Waals surface area contributed by atoms with Crippen LogP contribution in [0.2, 0.25) is 0 Å². The van der Waals surface area contributed by atoms with Gasteiger partial charge in [-0.05, 0) is 47.5 Å². The number of alkyl halides is 1. The number of nitrogens with two attached hydrogens (primary N) is 1. The van der Waals surface area contributed by atoms with Crippen LogP contribution in [0.25, 0.3) is 0 Å². The highest BCUT2D eigenvalue weighted by Crippen LogP contribution is 2.48. The molecule has 10 atom stereocenters. The summed E-state index contributed by atoms with van der Waals surface area (Å²) in [7, 11) is 0. The van der Waals surface area contributed by atoms with E-state index in [0.29, 0.717) is 0 Å². The molecule has 3 rings (SSSR count). The number of ether oxygens (including phenoxy) is 4. The van der Waals surface area contributed by atoms with E-state index in [9.17, 15) is 20.1 Å². The first-order chi connectivity index (χ1) is 16.9. The van der Waals surface area contributed by atoms with Crippen LogP contribution >= 0.6 is 22.6 Å². The molecule has 0 aromatic carbocycles. The first-order valence-corrected chi connectivity index (χ1v) is 14.0. The number of halogens is 1. The number of amides is 1. The van der Waals surface area contributed by atoms with Gasteiger partial charge < -0.3 is 40.0 Å². The Kier molecular flexibility index (Phi) is 9.51. The topological polar surface area (TPSA) is 162 Å². The van der Waals surface area contributed by atoms with Crippen molar-refractivity contribution in [2.45, 2.75) is 119 Å². The van der Waals surface area contributed by atoms with Gasteiger partial charge in [-0.25, -0.2) is 4.79 Å². The molecule has 3 fully saturated rings. The molecule has 10 unspecified atom stereocenters. The predicted octanol–water partition coefficient (Wildman–Crippen LogP) is 1.28. The minimum atomic E-state index is -1.04. The Labute approximate surface area is 233 Å². The maximum atomic E-state index is 12.8. The fourth-order valence-electron chi connectivity index (χ4n) is 6.03. The van der Waals surface area contributed by atoms with Crippen molar-refractivity contribution >= 4 is 28.7 Å². The zero-order valence-corrected chi connectivity index (χ0v) is 25.2. The van der Waals surface area contributed by atoms with Gasteiger partial charge in [0.1, 0.15) is 24.9 Å². The number of aliphatic hydroxyl groups excluding tert-OH is 3. The molecule has 3 aliphatic rings. The van der Waals surface area contributed by atoms with Crippen LogP contribution in [0, 0.1) is 17.8 Å². The fourth-order valence-corrected chi connectivity index (χ4v) is 6.53. The van der Waals surface area contributed by atoms with Crippen LogP contribution in [0.1, 0.15) is 55.4 Å². The van der Waals surface area contributed by atoms with Crippen LogP contribution in [0.5, 0.6) is 0 Å². The Morgan fingerprint density at radius 2 is 1.70 bits per heavy atom. The maximum absolute atomic E-state index is 12.8. The molecule has 0 spiro atoms. The van der Waals surface area contributed by atoms with Gasteiger partial charge in [0.05, 0.1) is 36.6 Å². The monoisotopic (exact) mass is 644 g/mol. The van der Waals surface area contributed by atoms with Gasteiger partial charge in [0.15, 0.2) is 6.10 Å². The molecule has 0 bridgehead atoms. The molecule has 216 valence electrons. The number of carbonyl (C=O) groups excluding carboxylic acids is 1. The van der Waals surface area contributed by atoms with Gasteiger partial charge in [0, 0.05) is 20.8 Å². The van der Waals surface area contributed by atoms with E-state index in [1.54, 1.807) is 13.8 Å². The summed E-state index contributed by atoms with van der Waals surface area (Å²) in [6.45, 7) is 14.8. The van der Waals surface area contributed by atoms with Crippen LogP contribution in [0.4, 0.5) is 4.79 Å². The summed E-state index contributed by atoms with van der Waals surface area (Å²) in [5, 5.41) is 31.8. The van der Waals surface area contributed by atoms with Crippen molar-refractivity contribution in [1.82, 2.24) is 5.48 Å². The summed E-state index contributed by atoms with van der Waals surface area (Å²) in [6, 6.07) is 0. The van der Waals surface area contributed by atoms with Gasteiger partial charge in [0.25, 0.3) is 0 Å². The van der Waals surface area contributed by atoms with Crippen LogP contribution in [-0.2, 0) is 23.8 Å². The van der Waals surface area contributed by atoms with Gasteiger partial charge in [-0.3, -0.25) is 4.84 Å². The SMILES string of the molecule is CC(C)C1C(CO)OC(C(C)(C)I)C(OC(=O)NOCC2OC(C(C)(C)N)C(O)C3OC(C)(C)C23)C1O. The highest BCUT2D eigenvalue weighted by Gasteiger charge is 2.62. The molecule has 0 aromatic rings. The standard InChI is InChI=1S/C25H45IN2O9/c1-11(2)14-12(9-29)34-21(23(3,4)26)19(16(14)30)36-22(32)28-33-10-13-15-18(37-25(15,7)8)17(31)20(35-13)24(5,6)27/h11-21,29-31H,9-10,27H2,1-8H3,(H,28,32). The predicted molar refractivity (Wildman–Crippen MR) is 143 cm³/mol. The summed E-state index contributed by atoms with van der Waals surface area (Å²) < 4.78 is 23.3. The third-order valence-electron chi connectivity index (χ3n) is 7.75. The summed E-state index contributed by atoms with van der Waals surface area (Å²) >= 11 is 2.18. The molecule has 0 radical (unpaired) electrons. The van der Waals surface area contributed by atoms with E-state index in [1.165, 1.54) is 0 Å². The van der Waals surface area contributed by atoms with Gasteiger partial charge in [-0.2, -0.15) is 5.48 Å². The molecular formula is C25H45IN2O9. The van der Waals surface area contributed by atoms with E-state index in [1.807, 2.05) is 41.5 Å². The van der Waals surface area contributed by atoms with Crippen molar-refractivity contribution in [2.75, 3.05) is 13.2 Å². The number of hydroxylamine groups is 1. The number of hydrogen-bond donors (Lipinski definition) is 5.